The number of aromatic hydroxyl groups is 1. The zero-order valence-corrected chi connectivity index (χ0v) is 37.3. The first-order valence-electron chi connectivity index (χ1n) is 28.2. The number of rotatable bonds is 8. The monoisotopic (exact) mass is 882 g/mol. The number of pyridine rings is 1. The summed E-state index contributed by atoms with van der Waals surface area (Å²) in [6.07, 6.45) is 1.64. The Morgan fingerprint density at radius 3 is 1.75 bits per heavy atom. The molecular weight excluding hydrogens is 815 g/mol. The molecular formula is C63H55N3O. The van der Waals surface area contributed by atoms with E-state index in [-0.39, 0.29) is 22.3 Å². The minimum absolute atomic E-state index is 0.000747. The van der Waals surface area contributed by atoms with Crippen LogP contribution in [0.25, 0.3) is 95.0 Å². The normalized spacial score (nSPS) is 15.3. The van der Waals surface area contributed by atoms with Crippen LogP contribution in [0, 0.1) is 6.85 Å². The van der Waals surface area contributed by atoms with Crippen LogP contribution in [0.1, 0.15) is 74.5 Å². The fourth-order valence-electron chi connectivity index (χ4n) is 8.84. The molecule has 0 unspecified atom stereocenters. The van der Waals surface area contributed by atoms with E-state index in [1.165, 1.54) is 24.3 Å². The van der Waals surface area contributed by atoms with Gasteiger partial charge in [0.05, 0.1) is 28.0 Å². The number of aromatic nitrogens is 3. The summed E-state index contributed by atoms with van der Waals surface area (Å²) in [4.78, 5) is 10.3. The summed E-state index contributed by atoms with van der Waals surface area (Å²) in [6, 6.07) is 59.5. The predicted molar refractivity (Wildman–Crippen MR) is 281 cm³/mol. The highest BCUT2D eigenvalue weighted by Crippen LogP contribution is 2.43. The van der Waals surface area contributed by atoms with Gasteiger partial charge in [-0.25, -0.2) is 4.98 Å². The van der Waals surface area contributed by atoms with Crippen LogP contribution in [0.5, 0.6) is 5.75 Å². The first-order chi connectivity index (χ1) is 37.3. The van der Waals surface area contributed by atoms with E-state index in [1.54, 1.807) is 30.5 Å². The first-order valence-corrected chi connectivity index (χ1v) is 22.2. The van der Waals surface area contributed by atoms with Gasteiger partial charge in [0.1, 0.15) is 11.6 Å². The molecule has 2 heterocycles. The van der Waals surface area contributed by atoms with E-state index in [0.29, 0.717) is 56.1 Å². The number of nitrogens with zero attached hydrogens (tertiary/aromatic N) is 3. The number of phenols is 1. The molecule has 0 radical (unpaired) electrons. The average Bonchev–Trinajstić information content (AvgIpc) is 3.98. The van der Waals surface area contributed by atoms with Gasteiger partial charge >= 0.3 is 0 Å². The molecule has 0 aliphatic heterocycles. The Morgan fingerprint density at radius 1 is 0.463 bits per heavy atom. The Balaban J connectivity index is 1.20. The maximum atomic E-state index is 11.7. The van der Waals surface area contributed by atoms with E-state index < -0.39 is 32.8 Å². The zero-order valence-electron chi connectivity index (χ0n) is 49.3. The second-order valence-electron chi connectivity index (χ2n) is 18.0. The molecule has 0 aliphatic carbocycles. The largest absolute Gasteiger partial charge is 0.507 e. The molecule has 0 saturated heterocycles. The lowest BCUT2D eigenvalue weighted by Crippen LogP contribution is -2.10. The third-order valence-electron chi connectivity index (χ3n) is 12.4. The van der Waals surface area contributed by atoms with Crippen molar-refractivity contribution in [2.45, 2.75) is 59.0 Å². The number of fused-ring (bicyclic) bond motifs is 1. The van der Waals surface area contributed by atoms with Gasteiger partial charge in [-0.15, -0.1) is 0 Å². The number of phenolic OH excluding ortho intramolecular Hbond substituents is 1. The maximum Gasteiger partial charge on any atom is 0.149 e. The molecule has 0 spiro atoms. The molecule has 328 valence electrons. The van der Waals surface area contributed by atoms with Crippen LogP contribution in [-0.4, -0.2) is 19.6 Å². The van der Waals surface area contributed by atoms with Crippen molar-refractivity contribution in [2.24, 2.45) is 0 Å². The number of para-hydroxylation sites is 2. The van der Waals surface area contributed by atoms with Crippen LogP contribution < -0.4 is 0 Å². The van der Waals surface area contributed by atoms with Crippen molar-refractivity contribution in [3.05, 3.63) is 217 Å². The first kappa shape index (κ1) is 31.2. The van der Waals surface area contributed by atoms with E-state index in [0.717, 1.165) is 44.5 Å². The highest BCUT2D eigenvalue weighted by molar-refractivity contribution is 5.99. The molecule has 0 aliphatic rings. The Bertz CT molecular complexity index is 3840. The van der Waals surface area contributed by atoms with Gasteiger partial charge in [-0.2, -0.15) is 0 Å². The molecule has 67 heavy (non-hydrogen) atoms. The SMILES string of the molecule is [2H]C([2H])([2H])c1cc(-c2ccc(C(C)(C)C)cc2)c(-n2c(-c3ccccc3O)nc3c(-c4cc(-c5ccccc5)cc(-c5cc(-c6ccc(C(C([2H])([2H])[2H])(C([2H])([2H])[2H])C([2H])([2H])[2H])cc6)ccn5)c4)cccc32)cc1-c1ccccc1. The summed E-state index contributed by atoms with van der Waals surface area (Å²) in [5.41, 5.74) is 8.55. The predicted octanol–water partition coefficient (Wildman–Crippen LogP) is 16.7. The van der Waals surface area contributed by atoms with Gasteiger partial charge in [-0.05, 0) is 140 Å². The topological polar surface area (TPSA) is 50.9 Å². The molecule has 0 saturated carbocycles. The van der Waals surface area contributed by atoms with Gasteiger partial charge in [0.15, 0.2) is 0 Å². The van der Waals surface area contributed by atoms with Crippen molar-refractivity contribution in [3.8, 4) is 89.7 Å². The van der Waals surface area contributed by atoms with Crippen molar-refractivity contribution >= 4 is 11.0 Å². The van der Waals surface area contributed by atoms with Crippen LogP contribution >= 0.6 is 0 Å². The Hall–Kier alpha value is -7.82. The Morgan fingerprint density at radius 2 is 1.06 bits per heavy atom. The van der Waals surface area contributed by atoms with Gasteiger partial charge in [0, 0.05) is 39.3 Å². The number of hydrogen-bond acceptors (Lipinski definition) is 3. The van der Waals surface area contributed by atoms with Gasteiger partial charge in [-0.1, -0.05) is 175 Å². The highest BCUT2D eigenvalue weighted by Gasteiger charge is 2.24. The smallest absolute Gasteiger partial charge is 0.149 e. The standard InChI is InChI=1S/C63H55N3O/c1-41-35-55(45-27-31-51(32-28-45)63(5,6)7)58(40-54(41)44-19-12-9-13-20-44)66-57-23-16-22-52(60(57)65-61(66)53-21-14-15-24-59(53)67)48-36-47(42-17-10-8-11-18-42)37-49(38-48)56-39-46(33-34-64-56)43-25-29-50(30-26-43)62(2,3)4/h8-40,67H,1-7H3/i1D3,2D3,3D3,4D3. The Labute approximate surface area is 411 Å². The van der Waals surface area contributed by atoms with E-state index in [4.69, 9.17) is 26.4 Å². The lowest BCUT2D eigenvalue weighted by Gasteiger charge is -2.21. The molecule has 0 atom stereocenters. The maximum absolute atomic E-state index is 11.7. The molecule has 10 rings (SSSR count). The van der Waals surface area contributed by atoms with Crippen LogP contribution in [0.2, 0.25) is 0 Å². The lowest BCUT2D eigenvalue weighted by atomic mass is 9.85. The van der Waals surface area contributed by atoms with Crippen molar-refractivity contribution in [2.75, 3.05) is 0 Å². The van der Waals surface area contributed by atoms with E-state index >= 15 is 0 Å². The molecule has 2 aromatic heterocycles. The van der Waals surface area contributed by atoms with Crippen molar-refractivity contribution in [1.29, 1.82) is 0 Å². The summed E-state index contributed by atoms with van der Waals surface area (Å²) < 4.78 is 103. The van der Waals surface area contributed by atoms with E-state index in [9.17, 15) is 5.11 Å². The summed E-state index contributed by atoms with van der Waals surface area (Å²) in [5, 5.41) is 11.7. The third kappa shape index (κ3) is 8.48. The summed E-state index contributed by atoms with van der Waals surface area (Å²) in [7, 11) is 0. The van der Waals surface area contributed by atoms with Crippen molar-refractivity contribution < 1.29 is 21.6 Å². The van der Waals surface area contributed by atoms with E-state index in [1.807, 2.05) is 132 Å². The van der Waals surface area contributed by atoms with Gasteiger partial charge in [0.2, 0.25) is 0 Å². The van der Waals surface area contributed by atoms with Crippen LogP contribution in [0.3, 0.4) is 0 Å². The minimum atomic E-state index is -3.40. The minimum Gasteiger partial charge on any atom is -0.507 e. The van der Waals surface area contributed by atoms with Crippen LogP contribution in [-0.2, 0) is 10.8 Å². The number of benzene rings is 8. The van der Waals surface area contributed by atoms with Crippen LogP contribution in [0.4, 0.5) is 0 Å². The summed E-state index contributed by atoms with van der Waals surface area (Å²) in [6.45, 7) is -6.26. The van der Waals surface area contributed by atoms with Gasteiger partial charge < -0.3 is 5.11 Å². The van der Waals surface area contributed by atoms with Crippen molar-refractivity contribution in [1.82, 2.24) is 14.5 Å². The molecule has 10 aromatic rings. The third-order valence-corrected chi connectivity index (χ3v) is 12.4. The fraction of sp³-hybridized carbons (Fsp3) is 0.143. The summed E-state index contributed by atoms with van der Waals surface area (Å²) in [5.74, 6) is 0.418. The second kappa shape index (κ2) is 17.2. The lowest BCUT2D eigenvalue weighted by molar-refractivity contribution is 0.477. The summed E-state index contributed by atoms with van der Waals surface area (Å²) >= 11 is 0. The van der Waals surface area contributed by atoms with E-state index in [2.05, 4.69) is 39.0 Å². The number of hydrogen-bond donors (Lipinski definition) is 1. The zero-order chi connectivity index (χ0) is 56.5. The second-order valence-corrected chi connectivity index (χ2v) is 18.0. The Kier molecular flexibility index (Phi) is 8.00. The van der Waals surface area contributed by atoms with Gasteiger partial charge in [-0.3, -0.25) is 9.55 Å². The molecule has 4 nitrogen and oxygen atoms in total. The quantitative estimate of drug-likeness (QED) is 0.165. The van der Waals surface area contributed by atoms with Crippen molar-refractivity contribution in [3.63, 3.8) is 0 Å². The number of aryl methyl sites for hydroxylation is 1. The molecule has 1 N–H and O–H groups in total. The molecule has 4 heteroatoms. The molecule has 8 aromatic carbocycles. The average molecular weight is 882 g/mol. The molecule has 0 fully saturated rings. The fourth-order valence-corrected chi connectivity index (χ4v) is 8.84. The molecule has 0 bridgehead atoms. The molecule has 0 amide bonds. The number of imidazole rings is 1. The van der Waals surface area contributed by atoms with Gasteiger partial charge in [0.25, 0.3) is 0 Å². The highest BCUT2D eigenvalue weighted by atomic mass is 16.3. The van der Waals surface area contributed by atoms with Crippen LogP contribution in [0.15, 0.2) is 200 Å².